The van der Waals surface area contributed by atoms with Gasteiger partial charge in [0.15, 0.2) is 0 Å². The molecule has 1 unspecified atom stereocenters. The van der Waals surface area contributed by atoms with E-state index < -0.39 is 11.9 Å². The number of hydrogen-bond donors (Lipinski definition) is 1. The molecule has 6 heteroatoms. The molecule has 0 bridgehead atoms. The molecule has 0 saturated carbocycles. The highest BCUT2D eigenvalue weighted by Gasteiger charge is 2.20. The van der Waals surface area contributed by atoms with Gasteiger partial charge < -0.3 is 5.32 Å². The predicted molar refractivity (Wildman–Crippen MR) is 106 cm³/mol. The Balaban J connectivity index is 1.76. The summed E-state index contributed by atoms with van der Waals surface area (Å²) in [6.45, 7) is 1.75. The van der Waals surface area contributed by atoms with E-state index in [0.29, 0.717) is 22.2 Å². The molecule has 0 fully saturated rings. The molecule has 4 nitrogen and oxygen atoms in total. The number of pyridine rings is 2. The summed E-state index contributed by atoms with van der Waals surface area (Å²) in [7, 11) is 0. The van der Waals surface area contributed by atoms with Crippen LogP contribution in [0.3, 0.4) is 0 Å². The fourth-order valence-electron chi connectivity index (χ4n) is 3.30. The van der Waals surface area contributed by atoms with Gasteiger partial charge in [0.2, 0.25) is 0 Å². The van der Waals surface area contributed by atoms with Gasteiger partial charge in [0.25, 0.3) is 5.91 Å². The Morgan fingerprint density at radius 2 is 1.55 bits per heavy atom. The normalized spacial score (nSPS) is 12.0. The fourth-order valence-corrected chi connectivity index (χ4v) is 3.30. The molecule has 0 spiro atoms. The molecule has 29 heavy (non-hydrogen) atoms. The van der Waals surface area contributed by atoms with E-state index >= 15 is 0 Å². The number of aryl methyl sites for hydroxylation is 1. The Morgan fingerprint density at radius 3 is 2.28 bits per heavy atom. The molecular weight excluding hydrogens is 372 g/mol. The van der Waals surface area contributed by atoms with Crippen LogP contribution in [0.5, 0.6) is 0 Å². The fraction of sp³-hybridized carbons (Fsp3) is 0.0870. The van der Waals surface area contributed by atoms with Gasteiger partial charge in [-0.1, -0.05) is 12.1 Å². The maximum Gasteiger partial charge on any atom is 0.252 e. The lowest BCUT2D eigenvalue weighted by Gasteiger charge is -2.20. The summed E-state index contributed by atoms with van der Waals surface area (Å²) >= 11 is 0. The number of carbonyl (C=O) groups is 1. The first kappa shape index (κ1) is 18.7. The summed E-state index contributed by atoms with van der Waals surface area (Å²) < 4.78 is 27.0. The molecule has 2 aromatic heterocycles. The van der Waals surface area contributed by atoms with E-state index in [2.05, 4.69) is 15.3 Å². The number of fused-ring (bicyclic) bond motifs is 1. The van der Waals surface area contributed by atoms with Crippen molar-refractivity contribution in [2.75, 3.05) is 0 Å². The predicted octanol–water partition coefficient (Wildman–Crippen LogP) is 4.74. The van der Waals surface area contributed by atoms with Crippen LogP contribution in [0.1, 0.15) is 33.2 Å². The first-order valence-corrected chi connectivity index (χ1v) is 9.04. The van der Waals surface area contributed by atoms with E-state index in [0.717, 1.165) is 11.1 Å². The van der Waals surface area contributed by atoms with E-state index in [1.807, 2.05) is 0 Å². The van der Waals surface area contributed by atoms with Crippen LogP contribution in [-0.2, 0) is 0 Å². The standard InChI is InChI=1S/C23H17F2N3O/c1-14-12-20(19-7-6-18(25)13-21(19)27-14)23(29)28-22(16-8-10-26-11-9-16)15-2-4-17(24)5-3-15/h2-13,22H,1H3,(H,28,29). The number of aromatic nitrogens is 2. The average Bonchev–Trinajstić information content (AvgIpc) is 2.72. The first-order chi connectivity index (χ1) is 14.0. The second-order valence-corrected chi connectivity index (χ2v) is 6.71. The number of carbonyl (C=O) groups excluding carboxylic acids is 1. The van der Waals surface area contributed by atoms with Gasteiger partial charge in [-0.15, -0.1) is 0 Å². The third-order valence-corrected chi connectivity index (χ3v) is 4.66. The molecular formula is C23H17F2N3O. The number of benzene rings is 2. The lowest BCUT2D eigenvalue weighted by molar-refractivity contribution is 0.0944. The monoisotopic (exact) mass is 389 g/mol. The van der Waals surface area contributed by atoms with Crippen molar-refractivity contribution in [2.24, 2.45) is 0 Å². The minimum absolute atomic E-state index is 0.335. The highest BCUT2D eigenvalue weighted by molar-refractivity contribution is 6.06. The van der Waals surface area contributed by atoms with Crippen molar-refractivity contribution in [3.63, 3.8) is 0 Å². The summed E-state index contributed by atoms with van der Waals surface area (Å²) in [5.74, 6) is -1.10. The third-order valence-electron chi connectivity index (χ3n) is 4.66. The van der Waals surface area contributed by atoms with Crippen LogP contribution in [0, 0.1) is 18.6 Å². The number of nitrogens with one attached hydrogen (secondary N) is 1. The molecule has 1 amide bonds. The molecule has 0 saturated heterocycles. The van der Waals surface area contributed by atoms with Crippen molar-refractivity contribution >= 4 is 16.8 Å². The zero-order chi connectivity index (χ0) is 20.4. The summed E-state index contributed by atoms with van der Waals surface area (Å²) in [5.41, 5.74) is 2.95. The summed E-state index contributed by atoms with van der Waals surface area (Å²) in [6, 6.07) is 14.9. The van der Waals surface area contributed by atoms with Crippen molar-refractivity contribution < 1.29 is 13.6 Å². The number of hydrogen-bond acceptors (Lipinski definition) is 3. The van der Waals surface area contributed by atoms with E-state index in [-0.39, 0.29) is 11.7 Å². The average molecular weight is 389 g/mol. The molecule has 0 aliphatic rings. The highest BCUT2D eigenvalue weighted by atomic mass is 19.1. The lowest BCUT2D eigenvalue weighted by atomic mass is 9.98. The highest BCUT2D eigenvalue weighted by Crippen LogP contribution is 2.25. The van der Waals surface area contributed by atoms with Crippen LogP contribution in [0.2, 0.25) is 0 Å². The molecule has 144 valence electrons. The van der Waals surface area contributed by atoms with Gasteiger partial charge in [-0.2, -0.15) is 0 Å². The van der Waals surface area contributed by atoms with Crippen LogP contribution >= 0.6 is 0 Å². The Labute approximate surface area is 166 Å². The summed E-state index contributed by atoms with van der Waals surface area (Å²) in [6.07, 6.45) is 3.26. The molecule has 2 aromatic carbocycles. The summed E-state index contributed by atoms with van der Waals surface area (Å²) in [5, 5.41) is 3.57. The Bertz CT molecular complexity index is 1170. The zero-order valence-corrected chi connectivity index (χ0v) is 15.6. The van der Waals surface area contributed by atoms with Crippen LogP contribution in [0.4, 0.5) is 8.78 Å². The maximum absolute atomic E-state index is 13.6. The minimum atomic E-state index is -0.505. The quantitative estimate of drug-likeness (QED) is 0.549. The van der Waals surface area contributed by atoms with Gasteiger partial charge in [0.1, 0.15) is 11.6 Å². The van der Waals surface area contributed by atoms with Crippen molar-refractivity contribution in [3.8, 4) is 0 Å². The van der Waals surface area contributed by atoms with Gasteiger partial charge in [0, 0.05) is 29.5 Å². The van der Waals surface area contributed by atoms with Crippen molar-refractivity contribution in [2.45, 2.75) is 13.0 Å². The van der Waals surface area contributed by atoms with Crippen LogP contribution in [0.15, 0.2) is 73.1 Å². The number of nitrogens with zero attached hydrogens (tertiary/aromatic N) is 2. The smallest absolute Gasteiger partial charge is 0.252 e. The van der Waals surface area contributed by atoms with E-state index in [4.69, 9.17) is 0 Å². The molecule has 4 aromatic rings. The lowest BCUT2D eigenvalue weighted by Crippen LogP contribution is -2.29. The van der Waals surface area contributed by atoms with Crippen LogP contribution < -0.4 is 5.32 Å². The molecule has 0 radical (unpaired) electrons. The maximum atomic E-state index is 13.6. The minimum Gasteiger partial charge on any atom is -0.341 e. The van der Waals surface area contributed by atoms with Crippen molar-refractivity contribution in [3.05, 3.63) is 107 Å². The van der Waals surface area contributed by atoms with E-state index in [9.17, 15) is 13.6 Å². The van der Waals surface area contributed by atoms with Crippen LogP contribution in [-0.4, -0.2) is 15.9 Å². The molecule has 2 heterocycles. The van der Waals surface area contributed by atoms with E-state index in [1.54, 1.807) is 55.7 Å². The van der Waals surface area contributed by atoms with Crippen molar-refractivity contribution in [1.82, 2.24) is 15.3 Å². The number of rotatable bonds is 4. The van der Waals surface area contributed by atoms with Gasteiger partial charge >= 0.3 is 0 Å². The van der Waals surface area contributed by atoms with Crippen LogP contribution in [0.25, 0.3) is 10.9 Å². The second kappa shape index (κ2) is 7.75. The van der Waals surface area contributed by atoms with Crippen molar-refractivity contribution in [1.29, 1.82) is 0 Å². The second-order valence-electron chi connectivity index (χ2n) is 6.71. The Hall–Kier alpha value is -3.67. The number of amides is 1. The van der Waals surface area contributed by atoms with Gasteiger partial charge in [0.05, 0.1) is 17.1 Å². The Kier molecular flexibility index (Phi) is 4.99. The van der Waals surface area contributed by atoms with Gasteiger partial charge in [-0.25, -0.2) is 8.78 Å². The first-order valence-electron chi connectivity index (χ1n) is 9.04. The molecule has 0 aliphatic heterocycles. The zero-order valence-electron chi connectivity index (χ0n) is 15.6. The molecule has 4 rings (SSSR count). The molecule has 1 atom stereocenters. The van der Waals surface area contributed by atoms with Gasteiger partial charge in [-0.05, 0) is 60.5 Å². The SMILES string of the molecule is Cc1cc(C(=O)NC(c2ccncc2)c2ccc(F)cc2)c2ccc(F)cc2n1. The third kappa shape index (κ3) is 3.96. The molecule has 1 N–H and O–H groups in total. The van der Waals surface area contributed by atoms with Gasteiger partial charge in [-0.3, -0.25) is 14.8 Å². The Morgan fingerprint density at radius 1 is 0.897 bits per heavy atom. The number of halogens is 2. The van der Waals surface area contributed by atoms with E-state index in [1.165, 1.54) is 24.3 Å². The topological polar surface area (TPSA) is 54.9 Å². The summed E-state index contributed by atoms with van der Waals surface area (Å²) in [4.78, 5) is 21.5. The molecule has 0 aliphatic carbocycles. The largest absolute Gasteiger partial charge is 0.341 e.